The minimum Gasteiger partial charge on any atom is -0.508 e. The van der Waals surface area contributed by atoms with Gasteiger partial charge in [0.2, 0.25) is 0 Å². The topological polar surface area (TPSA) is 32.3 Å². The van der Waals surface area contributed by atoms with Gasteiger partial charge in [0, 0.05) is 12.6 Å². The van der Waals surface area contributed by atoms with Crippen LogP contribution in [0.1, 0.15) is 38.3 Å². The smallest absolute Gasteiger partial charge is 0.115 e. The first-order valence-electron chi connectivity index (χ1n) is 5.83. The van der Waals surface area contributed by atoms with Gasteiger partial charge in [0.15, 0.2) is 0 Å². The van der Waals surface area contributed by atoms with Crippen molar-refractivity contribution in [2.24, 2.45) is 0 Å². The minimum atomic E-state index is 0.371. The lowest BCUT2D eigenvalue weighted by atomic mass is 9.94. The quantitative estimate of drug-likeness (QED) is 0.742. The molecule has 2 nitrogen and oxygen atoms in total. The fourth-order valence-electron chi connectivity index (χ4n) is 1.86. The van der Waals surface area contributed by atoms with Crippen LogP contribution < -0.4 is 5.32 Å². The van der Waals surface area contributed by atoms with E-state index in [9.17, 15) is 5.11 Å². The lowest BCUT2D eigenvalue weighted by Gasteiger charge is -2.25. The second kappa shape index (κ2) is 5.76. The zero-order chi connectivity index (χ0) is 11.3. The van der Waals surface area contributed by atoms with E-state index in [1.165, 1.54) is 17.5 Å². The van der Waals surface area contributed by atoms with Crippen LogP contribution in [-0.2, 0) is 13.0 Å². The van der Waals surface area contributed by atoms with Crippen molar-refractivity contribution in [1.82, 2.24) is 5.32 Å². The number of rotatable bonds is 1. The van der Waals surface area contributed by atoms with Crippen molar-refractivity contribution >= 4 is 0 Å². The molecule has 15 heavy (non-hydrogen) atoms. The summed E-state index contributed by atoms with van der Waals surface area (Å²) in [6.07, 6.45) is 2.26. The summed E-state index contributed by atoms with van der Waals surface area (Å²) in [6, 6.07) is 6.27. The molecule has 0 amide bonds. The molecular formula is C13H21NO. The van der Waals surface area contributed by atoms with Crippen molar-refractivity contribution in [3.05, 3.63) is 29.3 Å². The van der Waals surface area contributed by atoms with Gasteiger partial charge in [0.1, 0.15) is 5.75 Å². The summed E-state index contributed by atoms with van der Waals surface area (Å²) in [5.41, 5.74) is 2.62. The standard InChI is InChI=1S/C11H15NO.C2H6/c1-2-10-5-8-3-4-11(13)6-9(8)7-12-10;1-2/h3-4,6,10,12-13H,2,5,7H2,1H3;1-2H3/t10-;/m0./s1. The third kappa shape index (κ3) is 2.96. The van der Waals surface area contributed by atoms with Crippen molar-refractivity contribution in [2.45, 2.75) is 46.2 Å². The molecule has 0 aromatic heterocycles. The Morgan fingerprint density at radius 2 is 2.07 bits per heavy atom. The van der Waals surface area contributed by atoms with E-state index in [0.29, 0.717) is 11.8 Å². The lowest BCUT2D eigenvalue weighted by Crippen LogP contribution is -2.34. The molecular weight excluding hydrogens is 186 g/mol. The molecule has 0 spiro atoms. The molecule has 0 saturated heterocycles. The molecule has 0 saturated carbocycles. The number of phenolic OH excluding ortho intramolecular Hbond substituents is 1. The summed E-state index contributed by atoms with van der Waals surface area (Å²) in [5.74, 6) is 0.371. The molecule has 1 aliphatic rings. The molecule has 1 atom stereocenters. The Morgan fingerprint density at radius 1 is 1.33 bits per heavy atom. The van der Waals surface area contributed by atoms with E-state index in [0.717, 1.165) is 13.0 Å². The third-order valence-corrected chi connectivity index (χ3v) is 2.73. The molecule has 1 aliphatic heterocycles. The fraction of sp³-hybridized carbons (Fsp3) is 0.538. The van der Waals surface area contributed by atoms with Crippen LogP contribution in [-0.4, -0.2) is 11.1 Å². The van der Waals surface area contributed by atoms with Crippen LogP contribution in [0.3, 0.4) is 0 Å². The molecule has 84 valence electrons. The van der Waals surface area contributed by atoms with Gasteiger partial charge in [0.05, 0.1) is 0 Å². The lowest BCUT2D eigenvalue weighted by molar-refractivity contribution is 0.454. The summed E-state index contributed by atoms with van der Waals surface area (Å²) in [6.45, 7) is 7.09. The number of hydrogen-bond acceptors (Lipinski definition) is 2. The Morgan fingerprint density at radius 3 is 2.73 bits per heavy atom. The zero-order valence-corrected chi connectivity index (χ0v) is 9.88. The first kappa shape index (κ1) is 12.1. The Kier molecular flexibility index (Phi) is 4.63. The Balaban J connectivity index is 0.000000531. The number of phenols is 1. The van der Waals surface area contributed by atoms with Gasteiger partial charge in [-0.25, -0.2) is 0 Å². The normalized spacial score (nSPS) is 18.7. The van der Waals surface area contributed by atoms with Crippen LogP contribution in [0.5, 0.6) is 5.75 Å². The van der Waals surface area contributed by atoms with Crippen LogP contribution >= 0.6 is 0 Å². The molecule has 2 rings (SSSR count). The second-order valence-corrected chi connectivity index (χ2v) is 3.64. The summed E-state index contributed by atoms with van der Waals surface area (Å²) >= 11 is 0. The van der Waals surface area contributed by atoms with Crippen LogP contribution in [0.4, 0.5) is 0 Å². The van der Waals surface area contributed by atoms with Gasteiger partial charge in [-0.1, -0.05) is 26.8 Å². The molecule has 0 aliphatic carbocycles. The maximum atomic E-state index is 9.28. The van der Waals surface area contributed by atoms with Crippen molar-refractivity contribution in [2.75, 3.05) is 0 Å². The van der Waals surface area contributed by atoms with E-state index < -0.39 is 0 Å². The third-order valence-electron chi connectivity index (χ3n) is 2.73. The van der Waals surface area contributed by atoms with E-state index >= 15 is 0 Å². The maximum absolute atomic E-state index is 9.28. The second-order valence-electron chi connectivity index (χ2n) is 3.64. The van der Waals surface area contributed by atoms with Crippen LogP contribution in [0, 0.1) is 0 Å². The van der Waals surface area contributed by atoms with E-state index in [4.69, 9.17) is 0 Å². The Hall–Kier alpha value is -1.02. The highest BCUT2D eigenvalue weighted by Crippen LogP contribution is 2.22. The molecule has 2 heteroatoms. The maximum Gasteiger partial charge on any atom is 0.115 e. The molecule has 1 aromatic rings. The van der Waals surface area contributed by atoms with Gasteiger partial charge in [-0.05, 0) is 36.1 Å². The van der Waals surface area contributed by atoms with Crippen molar-refractivity contribution in [3.8, 4) is 5.75 Å². The van der Waals surface area contributed by atoms with Crippen molar-refractivity contribution < 1.29 is 5.11 Å². The summed E-state index contributed by atoms with van der Waals surface area (Å²) in [7, 11) is 0. The predicted octanol–water partition coefficient (Wildman–Crippen LogP) is 2.84. The number of fused-ring (bicyclic) bond motifs is 1. The van der Waals surface area contributed by atoms with Gasteiger partial charge in [-0.2, -0.15) is 0 Å². The van der Waals surface area contributed by atoms with Crippen molar-refractivity contribution in [1.29, 1.82) is 0 Å². The molecule has 0 bridgehead atoms. The zero-order valence-electron chi connectivity index (χ0n) is 9.88. The highest BCUT2D eigenvalue weighted by atomic mass is 16.3. The summed E-state index contributed by atoms with van der Waals surface area (Å²) in [5, 5.41) is 12.7. The number of nitrogens with one attached hydrogen (secondary N) is 1. The van der Waals surface area contributed by atoms with E-state index in [1.807, 2.05) is 26.0 Å². The highest BCUT2D eigenvalue weighted by molar-refractivity contribution is 5.36. The number of benzene rings is 1. The van der Waals surface area contributed by atoms with E-state index in [-0.39, 0.29) is 0 Å². The van der Waals surface area contributed by atoms with Crippen LogP contribution in [0.25, 0.3) is 0 Å². The van der Waals surface area contributed by atoms with Crippen molar-refractivity contribution in [3.63, 3.8) is 0 Å². The van der Waals surface area contributed by atoms with Crippen LogP contribution in [0.15, 0.2) is 18.2 Å². The van der Waals surface area contributed by atoms with Gasteiger partial charge < -0.3 is 10.4 Å². The minimum absolute atomic E-state index is 0.371. The Labute approximate surface area is 92.3 Å². The molecule has 0 radical (unpaired) electrons. The molecule has 0 unspecified atom stereocenters. The largest absolute Gasteiger partial charge is 0.508 e. The fourth-order valence-corrected chi connectivity index (χ4v) is 1.86. The van der Waals surface area contributed by atoms with Gasteiger partial charge in [0.25, 0.3) is 0 Å². The molecule has 2 N–H and O–H groups in total. The number of aromatic hydroxyl groups is 1. The first-order chi connectivity index (χ1) is 7.29. The summed E-state index contributed by atoms with van der Waals surface area (Å²) in [4.78, 5) is 0. The SMILES string of the molecule is CC.CC[C@H]1Cc2ccc(O)cc2CN1. The monoisotopic (exact) mass is 207 g/mol. The van der Waals surface area contributed by atoms with Gasteiger partial charge >= 0.3 is 0 Å². The number of hydrogen-bond donors (Lipinski definition) is 2. The average molecular weight is 207 g/mol. The average Bonchev–Trinajstić information content (AvgIpc) is 2.31. The highest BCUT2D eigenvalue weighted by Gasteiger charge is 2.15. The van der Waals surface area contributed by atoms with Gasteiger partial charge in [-0.3, -0.25) is 0 Å². The van der Waals surface area contributed by atoms with Crippen LogP contribution in [0.2, 0.25) is 0 Å². The summed E-state index contributed by atoms with van der Waals surface area (Å²) < 4.78 is 0. The molecule has 0 fully saturated rings. The van der Waals surface area contributed by atoms with E-state index in [1.54, 1.807) is 6.07 Å². The Bertz CT molecular complexity index is 309. The van der Waals surface area contributed by atoms with E-state index in [2.05, 4.69) is 12.2 Å². The van der Waals surface area contributed by atoms with Gasteiger partial charge in [-0.15, -0.1) is 0 Å². The first-order valence-corrected chi connectivity index (χ1v) is 5.83. The molecule has 1 aromatic carbocycles. The molecule has 1 heterocycles. The predicted molar refractivity (Wildman–Crippen MR) is 64.1 cm³/mol.